The second-order valence-corrected chi connectivity index (χ2v) is 9.27. The smallest absolute Gasteiger partial charge is 0.412 e. The first kappa shape index (κ1) is 23.4. The van der Waals surface area contributed by atoms with Crippen LogP contribution in [0.3, 0.4) is 0 Å². The van der Waals surface area contributed by atoms with Crippen LogP contribution in [0.2, 0.25) is 0 Å². The summed E-state index contributed by atoms with van der Waals surface area (Å²) in [5.41, 5.74) is 2.22. The van der Waals surface area contributed by atoms with Crippen LogP contribution in [0.5, 0.6) is 0 Å². The number of hydrogen-bond acceptors (Lipinski definition) is 6. The minimum absolute atomic E-state index is 0.285. The van der Waals surface area contributed by atoms with Gasteiger partial charge in [0.05, 0.1) is 29.5 Å². The SMILES string of the molecule is CC(C)(C)OC(=O)Nc1ccc(-c2ccco2)cc1NC(=O)c1ccc(N2CCCCC2)cn1. The Morgan fingerprint density at radius 3 is 2.44 bits per heavy atom. The Balaban J connectivity index is 1.55. The summed E-state index contributed by atoms with van der Waals surface area (Å²) >= 11 is 0. The summed E-state index contributed by atoms with van der Waals surface area (Å²) in [6.45, 7) is 7.37. The maximum atomic E-state index is 13.0. The Morgan fingerprint density at radius 2 is 1.79 bits per heavy atom. The van der Waals surface area contributed by atoms with Gasteiger partial charge in [-0.15, -0.1) is 0 Å². The molecule has 8 nitrogen and oxygen atoms in total. The van der Waals surface area contributed by atoms with E-state index in [0.717, 1.165) is 24.3 Å². The lowest BCUT2D eigenvalue weighted by Gasteiger charge is -2.28. The molecule has 0 bridgehead atoms. The normalized spacial score (nSPS) is 13.9. The van der Waals surface area contributed by atoms with Gasteiger partial charge in [-0.3, -0.25) is 10.1 Å². The van der Waals surface area contributed by atoms with Crippen molar-refractivity contribution in [3.63, 3.8) is 0 Å². The van der Waals surface area contributed by atoms with Gasteiger partial charge in [0.2, 0.25) is 0 Å². The molecule has 2 aromatic heterocycles. The maximum Gasteiger partial charge on any atom is 0.412 e. The highest BCUT2D eigenvalue weighted by atomic mass is 16.6. The van der Waals surface area contributed by atoms with E-state index in [1.165, 1.54) is 19.3 Å². The van der Waals surface area contributed by atoms with E-state index >= 15 is 0 Å². The molecule has 178 valence electrons. The molecule has 0 spiro atoms. The van der Waals surface area contributed by atoms with Crippen molar-refractivity contribution < 1.29 is 18.7 Å². The Morgan fingerprint density at radius 1 is 1.00 bits per heavy atom. The Kier molecular flexibility index (Phi) is 6.86. The molecule has 1 aliphatic heterocycles. The van der Waals surface area contributed by atoms with E-state index in [9.17, 15) is 9.59 Å². The van der Waals surface area contributed by atoms with E-state index in [1.807, 2.05) is 12.1 Å². The Labute approximate surface area is 199 Å². The molecule has 34 heavy (non-hydrogen) atoms. The molecule has 0 aliphatic carbocycles. The van der Waals surface area contributed by atoms with Gasteiger partial charge in [0.1, 0.15) is 17.1 Å². The minimum Gasteiger partial charge on any atom is -0.464 e. The molecule has 2 amide bonds. The van der Waals surface area contributed by atoms with Crippen LogP contribution >= 0.6 is 0 Å². The molecule has 1 saturated heterocycles. The van der Waals surface area contributed by atoms with Crippen molar-refractivity contribution in [1.82, 2.24) is 4.98 Å². The van der Waals surface area contributed by atoms with Gasteiger partial charge >= 0.3 is 6.09 Å². The van der Waals surface area contributed by atoms with Crippen molar-refractivity contribution in [3.8, 4) is 11.3 Å². The Bertz CT molecular complexity index is 1130. The molecule has 3 heterocycles. The van der Waals surface area contributed by atoms with E-state index < -0.39 is 11.7 Å². The van der Waals surface area contributed by atoms with Crippen molar-refractivity contribution >= 4 is 29.1 Å². The van der Waals surface area contributed by atoms with Gasteiger partial charge in [-0.25, -0.2) is 9.78 Å². The zero-order valence-electron chi connectivity index (χ0n) is 19.8. The number of carbonyl (C=O) groups is 2. The summed E-state index contributed by atoms with van der Waals surface area (Å²) in [6, 6.07) is 12.5. The number of anilines is 3. The molecule has 1 fully saturated rings. The molecule has 4 rings (SSSR count). The third-order valence-corrected chi connectivity index (χ3v) is 5.41. The second-order valence-electron chi connectivity index (χ2n) is 9.27. The number of nitrogens with zero attached hydrogens (tertiary/aromatic N) is 2. The largest absolute Gasteiger partial charge is 0.464 e. The standard InChI is InChI=1S/C26H30N4O4/c1-26(2,3)34-25(32)29-20-11-9-18(23-8-7-15-33-23)16-22(20)28-24(31)21-12-10-19(17-27-21)30-13-5-4-6-14-30/h7-12,15-17H,4-6,13-14H2,1-3H3,(H,28,31)(H,29,32). The van der Waals surface area contributed by atoms with Crippen molar-refractivity contribution in [2.24, 2.45) is 0 Å². The second kappa shape index (κ2) is 9.99. The minimum atomic E-state index is -0.651. The van der Waals surface area contributed by atoms with Crippen molar-refractivity contribution in [3.05, 3.63) is 60.6 Å². The predicted molar refractivity (Wildman–Crippen MR) is 132 cm³/mol. The van der Waals surface area contributed by atoms with Crippen molar-refractivity contribution in [2.75, 3.05) is 28.6 Å². The molecule has 8 heteroatoms. The molecule has 0 atom stereocenters. The van der Waals surface area contributed by atoms with Gasteiger partial charge < -0.3 is 19.4 Å². The van der Waals surface area contributed by atoms with E-state index in [2.05, 4.69) is 20.5 Å². The topological polar surface area (TPSA) is 96.7 Å². The third kappa shape index (κ3) is 5.95. The van der Waals surface area contributed by atoms with Gasteiger partial charge in [-0.1, -0.05) is 0 Å². The van der Waals surface area contributed by atoms with Crippen LogP contribution in [-0.4, -0.2) is 35.7 Å². The first-order valence-corrected chi connectivity index (χ1v) is 11.5. The fourth-order valence-corrected chi connectivity index (χ4v) is 3.81. The van der Waals surface area contributed by atoms with Crippen LogP contribution in [0.25, 0.3) is 11.3 Å². The number of piperidine rings is 1. The molecule has 3 aromatic rings. The highest BCUT2D eigenvalue weighted by molar-refractivity contribution is 6.06. The lowest BCUT2D eigenvalue weighted by Crippen LogP contribution is -2.29. The number of nitrogens with one attached hydrogen (secondary N) is 2. The highest BCUT2D eigenvalue weighted by Gasteiger charge is 2.19. The van der Waals surface area contributed by atoms with E-state index in [4.69, 9.17) is 9.15 Å². The molecule has 0 unspecified atom stereocenters. The van der Waals surface area contributed by atoms with E-state index in [-0.39, 0.29) is 11.6 Å². The number of amides is 2. The molecule has 0 saturated carbocycles. The van der Waals surface area contributed by atoms with Gasteiger partial charge in [0, 0.05) is 18.7 Å². The monoisotopic (exact) mass is 462 g/mol. The molecular formula is C26H30N4O4. The third-order valence-electron chi connectivity index (χ3n) is 5.41. The zero-order valence-corrected chi connectivity index (χ0v) is 19.8. The molecule has 1 aromatic carbocycles. The van der Waals surface area contributed by atoms with E-state index in [0.29, 0.717) is 17.1 Å². The van der Waals surface area contributed by atoms with Gasteiger partial charge in [0.15, 0.2) is 0 Å². The van der Waals surface area contributed by atoms with Crippen LogP contribution in [0.15, 0.2) is 59.3 Å². The summed E-state index contributed by atoms with van der Waals surface area (Å²) in [5.74, 6) is 0.261. The summed E-state index contributed by atoms with van der Waals surface area (Å²) in [5, 5.41) is 5.58. The molecule has 1 aliphatic rings. The maximum absolute atomic E-state index is 13.0. The highest BCUT2D eigenvalue weighted by Crippen LogP contribution is 2.30. The fourth-order valence-electron chi connectivity index (χ4n) is 3.81. The zero-order chi connectivity index (χ0) is 24.1. The number of aromatic nitrogens is 1. The number of hydrogen-bond donors (Lipinski definition) is 2. The lowest BCUT2D eigenvalue weighted by atomic mass is 10.1. The van der Waals surface area contributed by atoms with Crippen LogP contribution in [0, 0.1) is 0 Å². The van der Waals surface area contributed by atoms with Crippen LogP contribution in [-0.2, 0) is 4.74 Å². The molecule has 2 N–H and O–H groups in total. The number of pyridine rings is 1. The van der Waals surface area contributed by atoms with Gasteiger partial charge in [0.25, 0.3) is 5.91 Å². The predicted octanol–water partition coefficient (Wildman–Crippen LogP) is 5.93. The van der Waals surface area contributed by atoms with Gasteiger partial charge in [-0.2, -0.15) is 0 Å². The Hall–Kier alpha value is -3.81. The number of furan rings is 1. The molecule has 0 radical (unpaired) electrons. The average molecular weight is 463 g/mol. The number of rotatable bonds is 5. The summed E-state index contributed by atoms with van der Waals surface area (Å²) < 4.78 is 10.8. The number of benzene rings is 1. The van der Waals surface area contributed by atoms with Crippen LogP contribution in [0.4, 0.5) is 21.9 Å². The first-order valence-electron chi connectivity index (χ1n) is 11.5. The first-order chi connectivity index (χ1) is 16.3. The summed E-state index contributed by atoms with van der Waals surface area (Å²) in [7, 11) is 0. The fraction of sp³-hybridized carbons (Fsp3) is 0.346. The lowest BCUT2D eigenvalue weighted by molar-refractivity contribution is 0.0635. The van der Waals surface area contributed by atoms with Gasteiger partial charge in [-0.05, 0) is 82.5 Å². The molecular weight excluding hydrogens is 432 g/mol. The quantitative estimate of drug-likeness (QED) is 0.488. The van der Waals surface area contributed by atoms with Crippen molar-refractivity contribution in [1.29, 1.82) is 0 Å². The average Bonchev–Trinajstić information content (AvgIpc) is 3.35. The van der Waals surface area contributed by atoms with Crippen LogP contribution in [0.1, 0.15) is 50.5 Å². The summed E-state index contributed by atoms with van der Waals surface area (Å²) in [4.78, 5) is 32.0. The summed E-state index contributed by atoms with van der Waals surface area (Å²) in [6.07, 6.45) is 6.29. The van der Waals surface area contributed by atoms with E-state index in [1.54, 1.807) is 63.6 Å². The number of ether oxygens (including phenoxy) is 1. The number of carbonyl (C=O) groups excluding carboxylic acids is 2. The van der Waals surface area contributed by atoms with Crippen LogP contribution < -0.4 is 15.5 Å². The van der Waals surface area contributed by atoms with Crippen molar-refractivity contribution in [2.45, 2.75) is 45.6 Å².